The number of piperidine rings is 1. The van der Waals surface area contributed by atoms with Crippen LogP contribution in [0.3, 0.4) is 0 Å². The van der Waals surface area contributed by atoms with Gasteiger partial charge in [0.15, 0.2) is 6.23 Å². The average molecular weight is 338 g/mol. The van der Waals surface area contributed by atoms with Crippen LogP contribution < -0.4 is 5.32 Å². The van der Waals surface area contributed by atoms with Crippen molar-refractivity contribution in [3.05, 3.63) is 65.2 Å². The van der Waals surface area contributed by atoms with Crippen LogP contribution in [0.1, 0.15) is 42.2 Å². The Bertz CT molecular complexity index is 682. The normalized spacial score (nSPS) is 19.2. The molecule has 2 aromatic rings. The van der Waals surface area contributed by atoms with Crippen LogP contribution in [0.4, 0.5) is 5.69 Å². The van der Waals surface area contributed by atoms with Gasteiger partial charge in [-0.2, -0.15) is 0 Å². The number of hydrogen-bond acceptors (Lipinski definition) is 4. The summed E-state index contributed by atoms with van der Waals surface area (Å²) in [7, 11) is 0. The third-order valence-corrected chi connectivity index (χ3v) is 4.67. The van der Waals surface area contributed by atoms with Crippen molar-refractivity contribution in [3.63, 3.8) is 0 Å². The summed E-state index contributed by atoms with van der Waals surface area (Å²) < 4.78 is 5.49. The number of anilines is 1. The molecule has 1 N–H and O–H groups in total. The molecule has 0 bridgehead atoms. The molecule has 0 saturated carbocycles. The highest BCUT2D eigenvalue weighted by Gasteiger charge is 2.31. The van der Waals surface area contributed by atoms with Gasteiger partial charge in [0.25, 0.3) is 6.47 Å². The minimum absolute atomic E-state index is 0.139. The maximum atomic E-state index is 11.1. The lowest BCUT2D eigenvalue weighted by Gasteiger charge is -2.40. The molecule has 0 aliphatic carbocycles. The van der Waals surface area contributed by atoms with E-state index in [2.05, 4.69) is 42.3 Å². The van der Waals surface area contributed by atoms with Crippen LogP contribution in [0, 0.1) is 13.8 Å². The Morgan fingerprint density at radius 1 is 1.12 bits per heavy atom. The van der Waals surface area contributed by atoms with Crippen LogP contribution >= 0.6 is 0 Å². The number of likely N-dealkylation sites (tertiary alicyclic amines) is 1. The van der Waals surface area contributed by atoms with E-state index in [-0.39, 0.29) is 12.4 Å². The number of rotatable bonds is 6. The van der Waals surface area contributed by atoms with Crippen molar-refractivity contribution in [3.8, 4) is 0 Å². The molecule has 25 heavy (non-hydrogen) atoms. The summed E-state index contributed by atoms with van der Waals surface area (Å²) in [5.74, 6) is 0. The quantitative estimate of drug-likeness (QED) is 0.793. The maximum Gasteiger partial charge on any atom is 0.294 e. The summed E-state index contributed by atoms with van der Waals surface area (Å²) in [6.07, 6.45) is 3.08. The van der Waals surface area contributed by atoms with E-state index in [1.807, 2.05) is 30.3 Å². The zero-order valence-electron chi connectivity index (χ0n) is 14.9. The first-order chi connectivity index (χ1) is 12.2. The second-order valence-electron chi connectivity index (χ2n) is 6.77. The summed E-state index contributed by atoms with van der Waals surface area (Å²) in [5, 5.41) is 3.65. The van der Waals surface area contributed by atoms with Crippen molar-refractivity contribution < 1.29 is 9.53 Å². The monoisotopic (exact) mass is 338 g/mol. The van der Waals surface area contributed by atoms with Crippen molar-refractivity contribution in [1.29, 1.82) is 0 Å². The SMILES string of the molecule is Cc1cc(C)cc(NC2CCCCN2C(OC=O)c2ccccc2)c1. The Hall–Kier alpha value is -2.33. The minimum Gasteiger partial charge on any atom is -0.444 e. The third kappa shape index (κ3) is 4.40. The van der Waals surface area contributed by atoms with E-state index >= 15 is 0 Å². The van der Waals surface area contributed by atoms with Gasteiger partial charge < -0.3 is 10.1 Å². The summed E-state index contributed by atoms with van der Waals surface area (Å²) >= 11 is 0. The van der Waals surface area contributed by atoms with Crippen molar-refractivity contribution >= 4 is 12.2 Å². The number of ether oxygens (including phenoxy) is 1. The van der Waals surface area contributed by atoms with Gasteiger partial charge in [-0.3, -0.25) is 4.79 Å². The van der Waals surface area contributed by atoms with Crippen molar-refractivity contribution in [2.45, 2.75) is 45.5 Å². The molecule has 1 aliphatic heterocycles. The van der Waals surface area contributed by atoms with E-state index in [0.717, 1.165) is 30.6 Å². The topological polar surface area (TPSA) is 41.6 Å². The number of benzene rings is 2. The van der Waals surface area contributed by atoms with E-state index in [1.165, 1.54) is 17.5 Å². The van der Waals surface area contributed by atoms with Crippen molar-refractivity contribution in [1.82, 2.24) is 4.90 Å². The molecule has 132 valence electrons. The summed E-state index contributed by atoms with van der Waals surface area (Å²) in [4.78, 5) is 13.4. The Morgan fingerprint density at radius 3 is 2.52 bits per heavy atom. The van der Waals surface area contributed by atoms with Crippen molar-refractivity contribution in [2.75, 3.05) is 11.9 Å². The van der Waals surface area contributed by atoms with Crippen LogP contribution in [0.15, 0.2) is 48.5 Å². The predicted octanol–water partition coefficient (Wildman–Crippen LogP) is 4.40. The number of nitrogens with one attached hydrogen (secondary N) is 1. The Morgan fingerprint density at radius 2 is 1.84 bits per heavy atom. The zero-order valence-corrected chi connectivity index (χ0v) is 14.9. The molecular formula is C21H26N2O2. The number of carbonyl (C=O) groups is 1. The highest BCUT2D eigenvalue weighted by Crippen LogP contribution is 2.30. The summed E-state index contributed by atoms with van der Waals surface area (Å²) in [6.45, 7) is 5.67. The van der Waals surface area contributed by atoms with Gasteiger partial charge in [-0.25, -0.2) is 4.90 Å². The molecule has 3 rings (SSSR count). The Kier molecular flexibility index (Phi) is 5.71. The van der Waals surface area contributed by atoms with E-state index in [4.69, 9.17) is 4.74 Å². The zero-order chi connectivity index (χ0) is 17.6. The Balaban J connectivity index is 1.84. The highest BCUT2D eigenvalue weighted by molar-refractivity contribution is 5.49. The minimum atomic E-state index is -0.359. The smallest absolute Gasteiger partial charge is 0.294 e. The molecule has 0 radical (unpaired) electrons. The fourth-order valence-corrected chi connectivity index (χ4v) is 3.66. The van der Waals surface area contributed by atoms with Crippen LogP contribution in [0.2, 0.25) is 0 Å². The summed E-state index contributed by atoms with van der Waals surface area (Å²) in [6, 6.07) is 16.5. The van der Waals surface area contributed by atoms with Gasteiger partial charge in [-0.05, 0) is 56.4 Å². The van der Waals surface area contributed by atoms with E-state index < -0.39 is 0 Å². The number of nitrogens with zero attached hydrogens (tertiary/aromatic N) is 1. The number of hydrogen-bond donors (Lipinski definition) is 1. The lowest BCUT2D eigenvalue weighted by atomic mass is 10.0. The molecule has 1 heterocycles. The predicted molar refractivity (Wildman–Crippen MR) is 100 cm³/mol. The van der Waals surface area contributed by atoms with Crippen LogP contribution in [-0.2, 0) is 9.53 Å². The standard InChI is InChI=1S/C21H26N2O2/c1-16-12-17(2)14-19(13-16)22-20-10-6-7-11-23(20)21(25-15-24)18-8-4-3-5-9-18/h3-5,8-9,12-15,20-22H,6-7,10-11H2,1-2H3. The first kappa shape index (κ1) is 17.5. The van der Waals surface area contributed by atoms with E-state index in [1.54, 1.807) is 0 Å². The van der Waals surface area contributed by atoms with Crippen molar-refractivity contribution in [2.24, 2.45) is 0 Å². The molecule has 4 nitrogen and oxygen atoms in total. The number of aryl methyl sites for hydroxylation is 2. The average Bonchev–Trinajstić information content (AvgIpc) is 2.60. The van der Waals surface area contributed by atoms with Gasteiger partial charge >= 0.3 is 0 Å². The fourth-order valence-electron chi connectivity index (χ4n) is 3.66. The fraction of sp³-hybridized carbons (Fsp3) is 0.381. The molecule has 0 spiro atoms. The molecule has 2 unspecified atom stereocenters. The molecule has 0 amide bonds. The molecule has 2 aromatic carbocycles. The molecule has 4 heteroatoms. The number of carbonyl (C=O) groups excluding carboxylic acids is 1. The molecule has 1 fully saturated rings. The largest absolute Gasteiger partial charge is 0.444 e. The Labute approximate surface area is 149 Å². The van der Waals surface area contributed by atoms with Crippen LogP contribution in [0.5, 0.6) is 0 Å². The first-order valence-electron chi connectivity index (χ1n) is 8.92. The second-order valence-corrected chi connectivity index (χ2v) is 6.77. The van der Waals surface area contributed by atoms with Gasteiger partial charge in [0.2, 0.25) is 0 Å². The van der Waals surface area contributed by atoms with E-state index in [0.29, 0.717) is 6.47 Å². The molecule has 2 atom stereocenters. The lowest BCUT2D eigenvalue weighted by molar-refractivity contribution is -0.148. The van der Waals surface area contributed by atoms with Gasteiger partial charge in [-0.1, -0.05) is 36.4 Å². The first-order valence-corrected chi connectivity index (χ1v) is 8.92. The second kappa shape index (κ2) is 8.17. The third-order valence-electron chi connectivity index (χ3n) is 4.67. The van der Waals surface area contributed by atoms with E-state index in [9.17, 15) is 4.79 Å². The lowest BCUT2D eigenvalue weighted by Crippen LogP contribution is -2.47. The molecule has 1 saturated heterocycles. The van der Waals surface area contributed by atoms with Gasteiger partial charge in [0, 0.05) is 17.8 Å². The molecule has 1 aliphatic rings. The van der Waals surface area contributed by atoms with Crippen LogP contribution in [-0.4, -0.2) is 24.1 Å². The van der Waals surface area contributed by atoms with Gasteiger partial charge in [0.05, 0.1) is 6.17 Å². The maximum absolute atomic E-state index is 11.1. The molecular weight excluding hydrogens is 312 g/mol. The van der Waals surface area contributed by atoms with Crippen LogP contribution in [0.25, 0.3) is 0 Å². The van der Waals surface area contributed by atoms with Gasteiger partial charge in [0.1, 0.15) is 0 Å². The molecule has 0 aromatic heterocycles. The highest BCUT2D eigenvalue weighted by atomic mass is 16.5. The summed E-state index contributed by atoms with van der Waals surface area (Å²) in [5.41, 5.74) is 4.61. The van der Waals surface area contributed by atoms with Gasteiger partial charge in [-0.15, -0.1) is 0 Å².